The average molecular weight is 277 g/mol. The van der Waals surface area contributed by atoms with Crippen LogP contribution in [0.25, 0.3) is 0 Å². The summed E-state index contributed by atoms with van der Waals surface area (Å²) in [7, 11) is 0. The molecule has 0 radical (unpaired) electrons. The van der Waals surface area contributed by atoms with E-state index >= 15 is 0 Å². The standard InChI is InChI=1S/C13H18ClFO3/c1-3-17-13(18-4-2)12(16)8-9-7-10(15)5-6-11(9)14/h5-7,12-13,16H,3-4,8H2,1-2H3. The number of halogens is 2. The van der Waals surface area contributed by atoms with Gasteiger partial charge in [-0.15, -0.1) is 0 Å². The van der Waals surface area contributed by atoms with Crippen molar-refractivity contribution < 1.29 is 19.0 Å². The molecule has 1 N–H and O–H groups in total. The van der Waals surface area contributed by atoms with Crippen LogP contribution in [0.4, 0.5) is 4.39 Å². The summed E-state index contributed by atoms with van der Waals surface area (Å²) in [4.78, 5) is 0. The van der Waals surface area contributed by atoms with Crippen LogP contribution in [0, 0.1) is 5.82 Å². The van der Waals surface area contributed by atoms with Crippen LogP contribution in [0.3, 0.4) is 0 Å². The number of rotatable bonds is 7. The van der Waals surface area contributed by atoms with Crippen molar-refractivity contribution in [3.8, 4) is 0 Å². The monoisotopic (exact) mass is 276 g/mol. The number of ether oxygens (including phenoxy) is 2. The van der Waals surface area contributed by atoms with E-state index in [1.54, 1.807) is 0 Å². The molecule has 18 heavy (non-hydrogen) atoms. The zero-order valence-corrected chi connectivity index (χ0v) is 11.3. The first-order valence-electron chi connectivity index (χ1n) is 5.93. The largest absolute Gasteiger partial charge is 0.387 e. The molecule has 1 atom stereocenters. The SMILES string of the molecule is CCOC(OCC)C(O)Cc1cc(F)ccc1Cl. The smallest absolute Gasteiger partial charge is 0.183 e. The molecule has 1 unspecified atom stereocenters. The first-order chi connectivity index (χ1) is 8.58. The Balaban J connectivity index is 2.71. The molecule has 0 aliphatic carbocycles. The molecular formula is C13H18ClFO3. The number of hydrogen-bond donors (Lipinski definition) is 1. The second kappa shape index (κ2) is 7.69. The van der Waals surface area contributed by atoms with Crippen LogP contribution in [0.1, 0.15) is 19.4 Å². The van der Waals surface area contributed by atoms with E-state index in [0.29, 0.717) is 23.8 Å². The summed E-state index contributed by atoms with van der Waals surface area (Å²) < 4.78 is 23.6. The van der Waals surface area contributed by atoms with Crippen LogP contribution in [0.5, 0.6) is 0 Å². The fourth-order valence-electron chi connectivity index (χ4n) is 1.62. The third-order valence-electron chi connectivity index (χ3n) is 2.41. The Kier molecular flexibility index (Phi) is 6.57. The lowest BCUT2D eigenvalue weighted by atomic mass is 10.1. The van der Waals surface area contributed by atoms with E-state index in [1.807, 2.05) is 13.8 Å². The molecule has 1 aromatic rings. The third-order valence-corrected chi connectivity index (χ3v) is 2.78. The molecule has 5 heteroatoms. The lowest BCUT2D eigenvalue weighted by molar-refractivity contribution is -0.188. The van der Waals surface area contributed by atoms with Gasteiger partial charge in [0, 0.05) is 24.7 Å². The zero-order chi connectivity index (χ0) is 13.5. The summed E-state index contributed by atoms with van der Waals surface area (Å²) in [5, 5.41) is 10.4. The summed E-state index contributed by atoms with van der Waals surface area (Å²) in [6.45, 7) is 4.49. The van der Waals surface area contributed by atoms with Crippen molar-refractivity contribution in [2.24, 2.45) is 0 Å². The van der Waals surface area contributed by atoms with Crippen molar-refractivity contribution in [1.29, 1.82) is 0 Å². The molecule has 0 heterocycles. The average Bonchev–Trinajstić information content (AvgIpc) is 2.33. The molecule has 0 fully saturated rings. The highest BCUT2D eigenvalue weighted by molar-refractivity contribution is 6.31. The maximum absolute atomic E-state index is 13.1. The van der Waals surface area contributed by atoms with Crippen molar-refractivity contribution in [1.82, 2.24) is 0 Å². The topological polar surface area (TPSA) is 38.7 Å². The Morgan fingerprint density at radius 1 is 1.28 bits per heavy atom. The molecular weight excluding hydrogens is 259 g/mol. The highest BCUT2D eigenvalue weighted by atomic mass is 35.5. The summed E-state index contributed by atoms with van der Waals surface area (Å²) in [6.07, 6.45) is -1.43. The van der Waals surface area contributed by atoms with E-state index in [4.69, 9.17) is 21.1 Å². The predicted octanol–water partition coefficient (Wildman–Crippen LogP) is 2.78. The molecule has 3 nitrogen and oxygen atoms in total. The maximum Gasteiger partial charge on any atom is 0.183 e. The van der Waals surface area contributed by atoms with Crippen LogP contribution >= 0.6 is 11.6 Å². The summed E-state index contributed by atoms with van der Waals surface area (Å²) in [5.74, 6) is -0.383. The molecule has 0 bridgehead atoms. The number of benzene rings is 1. The van der Waals surface area contributed by atoms with E-state index in [9.17, 15) is 9.50 Å². The van der Waals surface area contributed by atoms with Gasteiger partial charge in [0.2, 0.25) is 0 Å². The van der Waals surface area contributed by atoms with Gasteiger partial charge in [0.05, 0.1) is 0 Å². The predicted molar refractivity (Wildman–Crippen MR) is 68.2 cm³/mol. The van der Waals surface area contributed by atoms with Gasteiger partial charge in [-0.2, -0.15) is 0 Å². The first kappa shape index (κ1) is 15.4. The van der Waals surface area contributed by atoms with Crippen molar-refractivity contribution in [2.45, 2.75) is 32.7 Å². The molecule has 0 saturated carbocycles. The van der Waals surface area contributed by atoms with Gasteiger partial charge in [-0.05, 0) is 37.6 Å². The Morgan fingerprint density at radius 3 is 2.44 bits per heavy atom. The van der Waals surface area contributed by atoms with Crippen molar-refractivity contribution in [3.05, 3.63) is 34.6 Å². The summed E-state index contributed by atoms with van der Waals surface area (Å²) in [6, 6.07) is 4.05. The lowest BCUT2D eigenvalue weighted by Gasteiger charge is -2.22. The van der Waals surface area contributed by atoms with Gasteiger partial charge in [-0.3, -0.25) is 0 Å². The fraction of sp³-hybridized carbons (Fsp3) is 0.538. The Labute approximate surface area is 111 Å². The second-order valence-electron chi connectivity index (χ2n) is 3.79. The molecule has 1 rings (SSSR count). The molecule has 0 amide bonds. The molecule has 0 aliphatic rings. The molecule has 0 aliphatic heterocycles. The Bertz CT molecular complexity index is 367. The lowest BCUT2D eigenvalue weighted by Crippen LogP contribution is -2.33. The minimum Gasteiger partial charge on any atom is -0.387 e. The van der Waals surface area contributed by atoms with Crippen molar-refractivity contribution in [2.75, 3.05) is 13.2 Å². The number of aliphatic hydroxyl groups is 1. The van der Waals surface area contributed by atoms with Crippen LogP contribution in [-0.4, -0.2) is 30.7 Å². The molecule has 0 saturated heterocycles. The highest BCUT2D eigenvalue weighted by Crippen LogP contribution is 2.20. The molecule has 1 aromatic carbocycles. The Hall–Kier alpha value is -0.680. The maximum atomic E-state index is 13.1. The molecule has 102 valence electrons. The minimum atomic E-state index is -0.885. The fourth-order valence-corrected chi connectivity index (χ4v) is 1.81. The summed E-state index contributed by atoms with van der Waals surface area (Å²) >= 11 is 5.94. The minimum absolute atomic E-state index is 0.182. The van der Waals surface area contributed by atoms with Gasteiger partial charge in [0.15, 0.2) is 6.29 Å². The van der Waals surface area contributed by atoms with E-state index in [2.05, 4.69) is 0 Å². The second-order valence-corrected chi connectivity index (χ2v) is 4.19. The van der Waals surface area contributed by atoms with Crippen LogP contribution in [0.2, 0.25) is 5.02 Å². The van der Waals surface area contributed by atoms with E-state index in [1.165, 1.54) is 18.2 Å². The van der Waals surface area contributed by atoms with Gasteiger partial charge in [-0.1, -0.05) is 11.6 Å². The third kappa shape index (κ3) is 4.53. The molecule has 0 spiro atoms. The number of hydrogen-bond acceptors (Lipinski definition) is 3. The first-order valence-corrected chi connectivity index (χ1v) is 6.31. The van der Waals surface area contributed by atoms with Crippen molar-refractivity contribution in [3.63, 3.8) is 0 Å². The van der Waals surface area contributed by atoms with Crippen LogP contribution in [-0.2, 0) is 15.9 Å². The van der Waals surface area contributed by atoms with Gasteiger partial charge < -0.3 is 14.6 Å². The van der Waals surface area contributed by atoms with Crippen LogP contribution < -0.4 is 0 Å². The van der Waals surface area contributed by atoms with E-state index in [-0.39, 0.29) is 12.2 Å². The van der Waals surface area contributed by atoms with Gasteiger partial charge in [-0.25, -0.2) is 4.39 Å². The van der Waals surface area contributed by atoms with Crippen molar-refractivity contribution >= 4 is 11.6 Å². The van der Waals surface area contributed by atoms with Gasteiger partial charge >= 0.3 is 0 Å². The zero-order valence-electron chi connectivity index (χ0n) is 10.5. The number of aliphatic hydroxyl groups excluding tert-OH is 1. The normalized spacial score (nSPS) is 13.0. The quantitative estimate of drug-likeness (QED) is 0.779. The van der Waals surface area contributed by atoms with Gasteiger partial charge in [0.1, 0.15) is 11.9 Å². The summed E-state index contributed by atoms with van der Waals surface area (Å²) in [5.41, 5.74) is 0.536. The van der Waals surface area contributed by atoms with Crippen LogP contribution in [0.15, 0.2) is 18.2 Å². The van der Waals surface area contributed by atoms with Gasteiger partial charge in [0.25, 0.3) is 0 Å². The van der Waals surface area contributed by atoms with E-state index < -0.39 is 12.4 Å². The highest BCUT2D eigenvalue weighted by Gasteiger charge is 2.21. The molecule has 0 aromatic heterocycles. The van der Waals surface area contributed by atoms with E-state index in [0.717, 1.165) is 0 Å². The Morgan fingerprint density at radius 2 is 1.89 bits per heavy atom.